The molecular formula is C24H26ClNO2. The summed E-state index contributed by atoms with van der Waals surface area (Å²) in [7, 11) is 0. The van der Waals surface area contributed by atoms with E-state index in [4.69, 9.17) is 16.3 Å². The summed E-state index contributed by atoms with van der Waals surface area (Å²) in [5.74, 6) is 1.68. The van der Waals surface area contributed by atoms with Gasteiger partial charge in [0.25, 0.3) is 0 Å². The summed E-state index contributed by atoms with van der Waals surface area (Å²) < 4.78 is 5.87. The number of carbonyl (C=O) groups excluding carboxylic acids is 1. The van der Waals surface area contributed by atoms with Gasteiger partial charge >= 0.3 is 0 Å². The summed E-state index contributed by atoms with van der Waals surface area (Å²) in [4.78, 5) is 14.7. The van der Waals surface area contributed by atoms with Crippen LogP contribution in [0.4, 0.5) is 0 Å². The number of halogens is 1. The van der Waals surface area contributed by atoms with Crippen LogP contribution in [-0.2, 0) is 11.3 Å². The van der Waals surface area contributed by atoms with E-state index >= 15 is 0 Å². The van der Waals surface area contributed by atoms with Crippen molar-refractivity contribution in [1.29, 1.82) is 0 Å². The van der Waals surface area contributed by atoms with Gasteiger partial charge in [-0.15, -0.1) is 0 Å². The largest absolute Gasteiger partial charge is 0.493 e. The fraction of sp³-hybridized carbons (Fsp3) is 0.375. The van der Waals surface area contributed by atoms with Gasteiger partial charge in [-0.1, -0.05) is 48.4 Å². The highest BCUT2D eigenvalue weighted by Crippen LogP contribution is 2.30. The number of hydrogen-bond acceptors (Lipinski definition) is 2. The van der Waals surface area contributed by atoms with Crippen LogP contribution in [0.5, 0.6) is 5.75 Å². The van der Waals surface area contributed by atoms with Gasteiger partial charge in [0.2, 0.25) is 5.91 Å². The first kappa shape index (κ1) is 19.1. The first-order chi connectivity index (χ1) is 13.7. The van der Waals surface area contributed by atoms with Crippen LogP contribution in [-0.4, -0.2) is 23.5 Å². The maximum Gasteiger partial charge on any atom is 0.247 e. The fourth-order valence-corrected chi connectivity index (χ4v) is 3.60. The lowest BCUT2D eigenvalue weighted by Crippen LogP contribution is -2.31. The Labute approximate surface area is 172 Å². The van der Waals surface area contributed by atoms with Crippen molar-refractivity contribution in [3.05, 3.63) is 70.8 Å². The molecule has 2 aromatic rings. The topological polar surface area (TPSA) is 29.5 Å². The maximum atomic E-state index is 12.8. The van der Waals surface area contributed by atoms with Gasteiger partial charge in [-0.25, -0.2) is 0 Å². The Balaban J connectivity index is 1.36. The van der Waals surface area contributed by atoms with Gasteiger partial charge in [-0.3, -0.25) is 4.79 Å². The van der Waals surface area contributed by atoms with Gasteiger partial charge in [-0.05, 0) is 67.0 Å². The van der Waals surface area contributed by atoms with Crippen LogP contribution in [0, 0.1) is 5.92 Å². The molecule has 3 nitrogen and oxygen atoms in total. The van der Waals surface area contributed by atoms with Crippen molar-refractivity contribution in [3.8, 4) is 5.75 Å². The predicted molar refractivity (Wildman–Crippen MR) is 113 cm³/mol. The lowest BCUT2D eigenvalue weighted by Gasteiger charge is -2.25. The average Bonchev–Trinajstić information content (AvgIpc) is 3.50. The van der Waals surface area contributed by atoms with Crippen molar-refractivity contribution in [2.45, 2.75) is 44.7 Å². The second kappa shape index (κ2) is 8.83. The van der Waals surface area contributed by atoms with Gasteiger partial charge in [-0.2, -0.15) is 0 Å². The molecular weight excluding hydrogens is 370 g/mol. The molecule has 0 unspecified atom stereocenters. The first-order valence-corrected chi connectivity index (χ1v) is 10.5. The van der Waals surface area contributed by atoms with Crippen LogP contribution >= 0.6 is 11.6 Å². The Bertz CT molecular complexity index is 838. The second-order valence-electron chi connectivity index (χ2n) is 7.80. The van der Waals surface area contributed by atoms with Gasteiger partial charge < -0.3 is 9.64 Å². The van der Waals surface area contributed by atoms with Crippen molar-refractivity contribution < 1.29 is 9.53 Å². The lowest BCUT2D eigenvalue weighted by molar-refractivity contribution is -0.127. The second-order valence-corrected chi connectivity index (χ2v) is 8.21. The van der Waals surface area contributed by atoms with Crippen molar-refractivity contribution in [3.63, 3.8) is 0 Å². The van der Waals surface area contributed by atoms with Gasteiger partial charge in [0.1, 0.15) is 5.75 Å². The Morgan fingerprint density at radius 1 is 1.07 bits per heavy atom. The summed E-state index contributed by atoms with van der Waals surface area (Å²) in [6.07, 6.45) is 9.51. The lowest BCUT2D eigenvalue weighted by atomic mass is 9.86. The molecule has 28 heavy (non-hydrogen) atoms. The third-order valence-corrected chi connectivity index (χ3v) is 5.91. The molecule has 4 heteroatoms. The van der Waals surface area contributed by atoms with E-state index in [1.54, 1.807) is 12.2 Å². The number of benzene rings is 2. The van der Waals surface area contributed by atoms with E-state index in [-0.39, 0.29) is 5.91 Å². The van der Waals surface area contributed by atoms with E-state index in [9.17, 15) is 4.79 Å². The number of hydrogen-bond donors (Lipinski definition) is 0. The molecule has 0 heterocycles. The molecule has 0 N–H and O–H groups in total. The summed E-state index contributed by atoms with van der Waals surface area (Å²) in [5, 5.41) is 0.655. The maximum absolute atomic E-state index is 12.8. The number of amides is 1. The highest BCUT2D eigenvalue weighted by Gasteiger charge is 2.31. The number of rotatable bonds is 8. The molecule has 0 bridgehead atoms. The van der Waals surface area contributed by atoms with Gasteiger partial charge in [0.05, 0.1) is 6.61 Å². The monoisotopic (exact) mass is 395 g/mol. The molecule has 2 fully saturated rings. The molecule has 0 aromatic heterocycles. The molecule has 2 aromatic carbocycles. The first-order valence-electron chi connectivity index (χ1n) is 10.1. The summed E-state index contributed by atoms with van der Waals surface area (Å²) in [6, 6.07) is 16.1. The van der Waals surface area contributed by atoms with Gasteiger partial charge in [0, 0.05) is 23.7 Å². The van der Waals surface area contributed by atoms with E-state index < -0.39 is 0 Å². The zero-order valence-corrected chi connectivity index (χ0v) is 16.8. The zero-order chi connectivity index (χ0) is 19.3. The molecule has 0 radical (unpaired) electrons. The molecule has 1 amide bonds. The highest BCUT2D eigenvalue weighted by molar-refractivity contribution is 6.32. The van der Waals surface area contributed by atoms with Crippen molar-refractivity contribution in [2.24, 2.45) is 5.92 Å². The zero-order valence-electron chi connectivity index (χ0n) is 16.0. The molecule has 2 aliphatic rings. The minimum Gasteiger partial charge on any atom is -0.493 e. The molecule has 146 valence electrons. The Kier molecular flexibility index (Phi) is 6.01. The smallest absolute Gasteiger partial charge is 0.247 e. The molecule has 4 rings (SSSR count). The summed E-state index contributed by atoms with van der Waals surface area (Å²) in [6.45, 7) is 1.44. The van der Waals surface area contributed by atoms with Crippen molar-refractivity contribution in [1.82, 2.24) is 4.90 Å². The van der Waals surface area contributed by atoms with E-state index in [1.807, 2.05) is 41.3 Å². The Morgan fingerprint density at radius 2 is 1.82 bits per heavy atom. The van der Waals surface area contributed by atoms with E-state index in [1.165, 1.54) is 19.3 Å². The normalized spacial score (nSPS) is 16.8. The predicted octanol–water partition coefficient (Wildman–Crippen LogP) is 5.72. The van der Waals surface area contributed by atoms with Crippen LogP contribution in [0.15, 0.2) is 54.6 Å². The summed E-state index contributed by atoms with van der Waals surface area (Å²) >= 11 is 6.18. The van der Waals surface area contributed by atoms with E-state index in [0.717, 1.165) is 42.2 Å². The highest BCUT2D eigenvalue weighted by atomic mass is 35.5. The summed E-state index contributed by atoms with van der Waals surface area (Å²) in [5.41, 5.74) is 1.99. The number of ether oxygens (including phenoxy) is 1. The molecule has 0 aliphatic heterocycles. The van der Waals surface area contributed by atoms with Gasteiger partial charge in [0.15, 0.2) is 0 Å². The minimum absolute atomic E-state index is 0.0349. The average molecular weight is 396 g/mol. The Morgan fingerprint density at radius 3 is 2.46 bits per heavy atom. The molecule has 0 saturated heterocycles. The van der Waals surface area contributed by atoms with Crippen LogP contribution in [0.1, 0.15) is 43.2 Å². The standard InChI is InChI=1S/C24H26ClNO2/c25-23-7-2-1-6-20(23)10-15-24(27)26(21-11-12-21)16-18-8-13-22(14-9-18)28-17-19-4-3-5-19/h1-2,6-10,13-15,19,21H,3-5,11-12,16-17H2/b15-10+. The van der Waals surface area contributed by atoms with Crippen LogP contribution in [0.3, 0.4) is 0 Å². The Hall–Kier alpha value is -2.26. The SMILES string of the molecule is O=C(/C=C/c1ccccc1Cl)N(Cc1ccc(OCC2CCC2)cc1)C1CC1. The molecule has 0 spiro atoms. The fourth-order valence-electron chi connectivity index (χ4n) is 3.40. The van der Waals surface area contributed by atoms with Crippen molar-refractivity contribution >= 4 is 23.6 Å². The molecule has 2 aliphatic carbocycles. The number of carbonyl (C=O) groups is 1. The minimum atomic E-state index is 0.0349. The number of nitrogens with zero attached hydrogens (tertiary/aromatic N) is 1. The van der Waals surface area contributed by atoms with E-state index in [0.29, 0.717) is 17.6 Å². The van der Waals surface area contributed by atoms with Crippen LogP contribution < -0.4 is 4.74 Å². The van der Waals surface area contributed by atoms with E-state index in [2.05, 4.69) is 12.1 Å². The third kappa shape index (κ3) is 4.96. The third-order valence-electron chi connectivity index (χ3n) is 5.57. The molecule has 0 atom stereocenters. The molecule has 2 saturated carbocycles. The van der Waals surface area contributed by atoms with Crippen LogP contribution in [0.2, 0.25) is 5.02 Å². The quantitative estimate of drug-likeness (QED) is 0.534. The van der Waals surface area contributed by atoms with Crippen molar-refractivity contribution in [2.75, 3.05) is 6.61 Å². The van der Waals surface area contributed by atoms with Crippen LogP contribution in [0.25, 0.3) is 6.08 Å².